The van der Waals surface area contributed by atoms with Crippen LogP contribution in [0.15, 0.2) is 17.0 Å². The average molecular weight is 258 g/mol. The van der Waals surface area contributed by atoms with Crippen molar-refractivity contribution in [3.63, 3.8) is 0 Å². The van der Waals surface area contributed by atoms with Crippen molar-refractivity contribution in [1.82, 2.24) is 4.72 Å². The van der Waals surface area contributed by atoms with Gasteiger partial charge >= 0.3 is 0 Å². The van der Waals surface area contributed by atoms with Gasteiger partial charge in [0.25, 0.3) is 0 Å². The molecule has 0 aliphatic heterocycles. The molecule has 6 heteroatoms. The molecule has 0 fully saturated rings. The Morgan fingerprint density at radius 2 is 1.88 bits per heavy atom. The second-order valence-corrected chi connectivity index (χ2v) is 5.91. The third-order valence-electron chi connectivity index (χ3n) is 2.48. The number of hydrogen-bond acceptors (Lipinski definition) is 4. The largest absolute Gasteiger partial charge is 0.398 e. The number of benzene rings is 1. The van der Waals surface area contributed by atoms with E-state index in [2.05, 4.69) is 4.72 Å². The number of nitrogens with two attached hydrogens (primary N) is 1. The first-order chi connectivity index (χ1) is 7.74. The van der Waals surface area contributed by atoms with Gasteiger partial charge in [-0.05, 0) is 44.0 Å². The zero-order valence-corrected chi connectivity index (χ0v) is 11.0. The molecule has 1 aromatic carbocycles. The Labute approximate surface area is 102 Å². The first-order valence-electron chi connectivity index (χ1n) is 5.28. The van der Waals surface area contributed by atoms with Crippen molar-refractivity contribution in [2.24, 2.45) is 0 Å². The van der Waals surface area contributed by atoms with Crippen LogP contribution in [0.3, 0.4) is 0 Å². The van der Waals surface area contributed by atoms with Gasteiger partial charge in [-0.2, -0.15) is 0 Å². The van der Waals surface area contributed by atoms with Crippen LogP contribution >= 0.6 is 0 Å². The summed E-state index contributed by atoms with van der Waals surface area (Å²) < 4.78 is 26.1. The number of aliphatic hydroxyl groups excluding tert-OH is 1. The van der Waals surface area contributed by atoms with Crippen LogP contribution in [-0.4, -0.2) is 26.2 Å². The number of aryl methyl sites for hydroxylation is 2. The van der Waals surface area contributed by atoms with Crippen molar-refractivity contribution in [1.29, 1.82) is 0 Å². The molecule has 96 valence electrons. The Balaban J connectivity index is 3.11. The number of nitrogens with one attached hydrogen (secondary N) is 1. The van der Waals surface area contributed by atoms with Crippen molar-refractivity contribution in [3.05, 3.63) is 23.3 Å². The number of sulfonamides is 1. The summed E-state index contributed by atoms with van der Waals surface area (Å²) in [6, 6.07) is 3.17. The maximum atomic E-state index is 11.9. The van der Waals surface area contributed by atoms with Gasteiger partial charge in [0, 0.05) is 6.54 Å². The predicted molar refractivity (Wildman–Crippen MR) is 67.2 cm³/mol. The number of hydrogen-bond donors (Lipinski definition) is 3. The van der Waals surface area contributed by atoms with Crippen LogP contribution in [0.1, 0.15) is 18.1 Å². The summed E-state index contributed by atoms with van der Waals surface area (Å²) in [4.78, 5) is 0.0567. The molecule has 0 unspecified atom stereocenters. The Morgan fingerprint density at radius 1 is 1.35 bits per heavy atom. The number of rotatable bonds is 4. The van der Waals surface area contributed by atoms with E-state index >= 15 is 0 Å². The van der Waals surface area contributed by atoms with E-state index < -0.39 is 16.1 Å². The van der Waals surface area contributed by atoms with E-state index in [0.717, 1.165) is 11.1 Å². The lowest BCUT2D eigenvalue weighted by Crippen LogP contribution is -2.31. The lowest BCUT2D eigenvalue weighted by molar-refractivity contribution is 0.198. The monoisotopic (exact) mass is 258 g/mol. The molecule has 0 amide bonds. The molecule has 5 nitrogen and oxygen atoms in total. The van der Waals surface area contributed by atoms with Crippen LogP contribution in [0.4, 0.5) is 5.69 Å². The predicted octanol–water partition coefficient (Wildman–Crippen LogP) is 0.545. The molecule has 0 heterocycles. The topological polar surface area (TPSA) is 92.4 Å². The molecule has 4 N–H and O–H groups in total. The molecule has 1 rings (SSSR count). The van der Waals surface area contributed by atoms with Gasteiger partial charge in [0.05, 0.1) is 11.8 Å². The van der Waals surface area contributed by atoms with Crippen LogP contribution in [0.2, 0.25) is 0 Å². The second-order valence-electron chi connectivity index (χ2n) is 4.18. The minimum absolute atomic E-state index is 0.0330. The van der Waals surface area contributed by atoms with Crippen molar-refractivity contribution < 1.29 is 13.5 Å². The molecule has 0 saturated heterocycles. The molecule has 0 radical (unpaired) electrons. The van der Waals surface area contributed by atoms with E-state index in [4.69, 9.17) is 10.8 Å². The molecule has 0 aliphatic carbocycles. The smallest absolute Gasteiger partial charge is 0.242 e. The van der Waals surface area contributed by atoms with Gasteiger partial charge in [-0.15, -0.1) is 0 Å². The summed E-state index contributed by atoms with van der Waals surface area (Å²) in [5.41, 5.74) is 7.71. The van der Waals surface area contributed by atoms with Crippen molar-refractivity contribution in [3.8, 4) is 0 Å². The van der Waals surface area contributed by atoms with Gasteiger partial charge in [-0.3, -0.25) is 0 Å². The Bertz CT molecular complexity index is 510. The summed E-state index contributed by atoms with van der Waals surface area (Å²) in [5.74, 6) is 0. The lowest BCUT2D eigenvalue weighted by atomic mass is 10.1. The van der Waals surface area contributed by atoms with Crippen LogP contribution < -0.4 is 10.5 Å². The Kier molecular flexibility index (Phi) is 4.13. The number of anilines is 1. The molecule has 1 atom stereocenters. The van der Waals surface area contributed by atoms with E-state index in [-0.39, 0.29) is 17.1 Å². The number of aliphatic hydroxyl groups is 1. The molecule has 1 aromatic rings. The molecule has 0 saturated carbocycles. The van der Waals surface area contributed by atoms with Gasteiger partial charge in [0.15, 0.2) is 0 Å². The van der Waals surface area contributed by atoms with E-state index in [0.29, 0.717) is 0 Å². The van der Waals surface area contributed by atoms with Gasteiger partial charge < -0.3 is 10.8 Å². The highest BCUT2D eigenvalue weighted by Crippen LogP contribution is 2.22. The molecule has 0 aliphatic rings. The molecular weight excluding hydrogens is 240 g/mol. The molecule has 0 aromatic heterocycles. The summed E-state index contributed by atoms with van der Waals surface area (Å²) in [7, 11) is -3.66. The normalized spacial score (nSPS) is 13.6. The molecule has 0 bridgehead atoms. The minimum Gasteiger partial charge on any atom is -0.398 e. The van der Waals surface area contributed by atoms with Crippen LogP contribution in [-0.2, 0) is 10.0 Å². The maximum absolute atomic E-state index is 11.9. The van der Waals surface area contributed by atoms with Gasteiger partial charge in [0.2, 0.25) is 10.0 Å². The third kappa shape index (κ3) is 3.42. The summed E-state index contributed by atoms with van der Waals surface area (Å²) in [6.07, 6.45) is -0.738. The van der Waals surface area contributed by atoms with Crippen molar-refractivity contribution >= 4 is 15.7 Å². The fraction of sp³-hybridized carbons (Fsp3) is 0.455. The lowest BCUT2D eigenvalue weighted by Gasteiger charge is -2.12. The van der Waals surface area contributed by atoms with E-state index in [1.807, 2.05) is 13.8 Å². The van der Waals surface area contributed by atoms with E-state index in [1.54, 1.807) is 6.07 Å². The number of nitrogen functional groups attached to an aromatic ring is 1. The van der Waals surface area contributed by atoms with Gasteiger partial charge in [0.1, 0.15) is 4.90 Å². The van der Waals surface area contributed by atoms with Crippen LogP contribution in [0, 0.1) is 13.8 Å². The first kappa shape index (κ1) is 14.0. The second kappa shape index (κ2) is 5.03. The zero-order valence-electron chi connectivity index (χ0n) is 10.2. The van der Waals surface area contributed by atoms with Gasteiger partial charge in [-0.25, -0.2) is 13.1 Å². The fourth-order valence-corrected chi connectivity index (χ4v) is 2.67. The third-order valence-corrected chi connectivity index (χ3v) is 3.96. The van der Waals surface area contributed by atoms with Crippen LogP contribution in [0.5, 0.6) is 0 Å². The Hall–Kier alpha value is -1.11. The van der Waals surface area contributed by atoms with Crippen molar-refractivity contribution in [2.75, 3.05) is 12.3 Å². The first-order valence-corrected chi connectivity index (χ1v) is 6.77. The van der Waals surface area contributed by atoms with E-state index in [9.17, 15) is 8.42 Å². The molecule has 0 spiro atoms. The quantitative estimate of drug-likeness (QED) is 0.687. The highest BCUT2D eigenvalue weighted by atomic mass is 32.2. The Morgan fingerprint density at radius 3 is 2.41 bits per heavy atom. The van der Waals surface area contributed by atoms with Gasteiger partial charge in [-0.1, -0.05) is 0 Å². The summed E-state index contributed by atoms with van der Waals surface area (Å²) >= 11 is 0. The maximum Gasteiger partial charge on any atom is 0.242 e. The fourth-order valence-electron chi connectivity index (χ4n) is 1.35. The van der Waals surface area contributed by atoms with Crippen molar-refractivity contribution in [2.45, 2.75) is 31.8 Å². The minimum atomic E-state index is -3.66. The highest BCUT2D eigenvalue weighted by Gasteiger charge is 2.18. The summed E-state index contributed by atoms with van der Waals surface area (Å²) in [6.45, 7) is 5.16. The highest BCUT2D eigenvalue weighted by molar-refractivity contribution is 7.89. The average Bonchev–Trinajstić information content (AvgIpc) is 2.20. The molecule has 17 heavy (non-hydrogen) atoms. The van der Waals surface area contributed by atoms with Crippen LogP contribution in [0.25, 0.3) is 0 Å². The van der Waals surface area contributed by atoms with E-state index in [1.165, 1.54) is 13.0 Å². The SMILES string of the molecule is Cc1cc(N)c(S(=O)(=O)NC[C@H](C)O)cc1C. The molecular formula is C11H18N2O3S. The summed E-state index contributed by atoms with van der Waals surface area (Å²) in [5, 5.41) is 9.07. The standard InChI is InChI=1S/C11H18N2O3S/c1-7-4-10(12)11(5-8(7)2)17(15,16)13-6-9(3)14/h4-5,9,13-14H,6,12H2,1-3H3/t9-/m0/s1. The zero-order chi connectivity index (χ0) is 13.2.